The van der Waals surface area contributed by atoms with Crippen molar-refractivity contribution >= 4 is 11.9 Å². The van der Waals surface area contributed by atoms with Crippen LogP contribution in [0.1, 0.15) is 64.7 Å². The topological polar surface area (TPSA) is 61.8 Å². The molecule has 21 heavy (non-hydrogen) atoms. The molecule has 0 saturated heterocycles. The highest BCUT2D eigenvalue weighted by atomic mass is 16.6. The highest BCUT2D eigenvalue weighted by molar-refractivity contribution is 5.70. The molecule has 0 radical (unpaired) electrons. The summed E-state index contributed by atoms with van der Waals surface area (Å²) in [7, 11) is 1.56. The van der Waals surface area contributed by atoms with Gasteiger partial charge in [0.05, 0.1) is 13.2 Å². The van der Waals surface area contributed by atoms with Gasteiger partial charge in [0.2, 0.25) is 0 Å². The molecule has 0 amide bonds. The van der Waals surface area contributed by atoms with Crippen LogP contribution in [-0.4, -0.2) is 38.9 Å². The molecule has 124 valence electrons. The maximum atomic E-state index is 11.4. The summed E-state index contributed by atoms with van der Waals surface area (Å²) in [5.74, 6) is -0.408. The first-order valence-corrected chi connectivity index (χ1v) is 8.00. The molecule has 5 nitrogen and oxygen atoms in total. The quantitative estimate of drug-likeness (QED) is 0.364. The van der Waals surface area contributed by atoms with Gasteiger partial charge < -0.3 is 14.2 Å². The molecule has 0 fully saturated rings. The predicted molar refractivity (Wildman–Crippen MR) is 81.0 cm³/mol. The van der Waals surface area contributed by atoms with E-state index in [9.17, 15) is 9.59 Å². The van der Waals surface area contributed by atoms with E-state index in [0.29, 0.717) is 38.9 Å². The lowest BCUT2D eigenvalue weighted by molar-refractivity contribution is -0.146. The molecule has 0 spiro atoms. The number of rotatable bonds is 14. The fourth-order valence-electron chi connectivity index (χ4n) is 1.81. The molecule has 0 atom stereocenters. The second-order valence-electron chi connectivity index (χ2n) is 5.06. The second-order valence-corrected chi connectivity index (χ2v) is 5.06. The van der Waals surface area contributed by atoms with E-state index in [2.05, 4.69) is 6.92 Å². The van der Waals surface area contributed by atoms with Gasteiger partial charge in [-0.25, -0.2) is 0 Å². The zero-order valence-electron chi connectivity index (χ0n) is 13.5. The maximum absolute atomic E-state index is 11.4. The van der Waals surface area contributed by atoms with Crippen molar-refractivity contribution in [2.75, 3.05) is 26.9 Å². The van der Waals surface area contributed by atoms with Crippen molar-refractivity contribution in [2.24, 2.45) is 0 Å². The largest absolute Gasteiger partial charge is 0.466 e. The van der Waals surface area contributed by atoms with Gasteiger partial charge in [-0.2, -0.15) is 0 Å². The Morgan fingerprint density at radius 2 is 1.29 bits per heavy atom. The SMILES string of the molecule is CCCCCCCOC(=O)CCCCC(=O)OCCOC. The third-order valence-electron chi connectivity index (χ3n) is 3.07. The van der Waals surface area contributed by atoms with Crippen LogP contribution < -0.4 is 0 Å². The summed E-state index contributed by atoms with van der Waals surface area (Å²) in [5.41, 5.74) is 0. The highest BCUT2D eigenvalue weighted by Gasteiger charge is 2.06. The van der Waals surface area contributed by atoms with Crippen LogP contribution in [0.25, 0.3) is 0 Å². The fourth-order valence-corrected chi connectivity index (χ4v) is 1.81. The minimum absolute atomic E-state index is 0.168. The number of ether oxygens (including phenoxy) is 3. The first kappa shape index (κ1) is 19.9. The first-order valence-electron chi connectivity index (χ1n) is 8.00. The first-order chi connectivity index (χ1) is 10.2. The van der Waals surface area contributed by atoms with Crippen LogP contribution in [-0.2, 0) is 23.8 Å². The number of carbonyl (C=O) groups excluding carboxylic acids is 2. The molecule has 0 heterocycles. The van der Waals surface area contributed by atoms with Crippen LogP contribution in [0, 0.1) is 0 Å². The van der Waals surface area contributed by atoms with E-state index in [1.807, 2.05) is 0 Å². The van der Waals surface area contributed by atoms with Gasteiger partial charge in [-0.3, -0.25) is 9.59 Å². The Balaban J connectivity index is 3.31. The summed E-state index contributed by atoms with van der Waals surface area (Å²) < 4.78 is 14.8. The van der Waals surface area contributed by atoms with Crippen molar-refractivity contribution in [2.45, 2.75) is 64.7 Å². The van der Waals surface area contributed by atoms with Crippen LogP contribution >= 0.6 is 0 Å². The van der Waals surface area contributed by atoms with Crippen LogP contribution in [0.15, 0.2) is 0 Å². The summed E-state index contributed by atoms with van der Waals surface area (Å²) in [6.07, 6.45) is 7.76. The van der Waals surface area contributed by atoms with Gasteiger partial charge in [-0.05, 0) is 19.3 Å². The Morgan fingerprint density at radius 3 is 1.86 bits per heavy atom. The van der Waals surface area contributed by atoms with Crippen molar-refractivity contribution < 1.29 is 23.8 Å². The van der Waals surface area contributed by atoms with Crippen molar-refractivity contribution in [1.29, 1.82) is 0 Å². The highest BCUT2D eigenvalue weighted by Crippen LogP contribution is 2.05. The third-order valence-corrected chi connectivity index (χ3v) is 3.07. The fraction of sp³-hybridized carbons (Fsp3) is 0.875. The van der Waals surface area contributed by atoms with Crippen LogP contribution in [0.5, 0.6) is 0 Å². The molecule has 0 aromatic heterocycles. The summed E-state index contributed by atoms with van der Waals surface area (Å²) in [6.45, 7) is 3.39. The Kier molecular flexibility index (Phi) is 14.5. The van der Waals surface area contributed by atoms with Crippen LogP contribution in [0.4, 0.5) is 0 Å². The lowest BCUT2D eigenvalue weighted by Crippen LogP contribution is -2.10. The van der Waals surface area contributed by atoms with Crippen molar-refractivity contribution in [3.05, 3.63) is 0 Å². The lowest BCUT2D eigenvalue weighted by Gasteiger charge is -2.05. The Morgan fingerprint density at radius 1 is 0.714 bits per heavy atom. The normalized spacial score (nSPS) is 10.4. The van der Waals surface area contributed by atoms with Crippen molar-refractivity contribution in [3.63, 3.8) is 0 Å². The molecule has 0 saturated carbocycles. The number of hydrogen-bond acceptors (Lipinski definition) is 5. The smallest absolute Gasteiger partial charge is 0.305 e. The average molecular weight is 302 g/mol. The minimum atomic E-state index is -0.239. The summed E-state index contributed by atoms with van der Waals surface area (Å²) >= 11 is 0. The molecular formula is C16H30O5. The van der Waals surface area contributed by atoms with E-state index in [1.165, 1.54) is 19.3 Å². The zero-order valence-corrected chi connectivity index (χ0v) is 13.5. The molecular weight excluding hydrogens is 272 g/mol. The predicted octanol–water partition coefficient (Wildman–Crippen LogP) is 3.25. The number of methoxy groups -OCH3 is 1. The molecule has 0 unspecified atom stereocenters. The third kappa shape index (κ3) is 15.1. The summed E-state index contributed by atoms with van der Waals surface area (Å²) in [4.78, 5) is 22.7. The van der Waals surface area contributed by atoms with Gasteiger partial charge in [-0.15, -0.1) is 0 Å². The Bertz CT molecular complexity index is 265. The molecule has 5 heteroatoms. The standard InChI is InChI=1S/C16H30O5/c1-3-4-5-6-9-12-20-15(17)10-7-8-11-16(18)21-14-13-19-2/h3-14H2,1-2H3. The van der Waals surface area contributed by atoms with E-state index in [4.69, 9.17) is 14.2 Å². The molecule has 0 aliphatic rings. The number of hydrogen-bond donors (Lipinski definition) is 0. The van der Waals surface area contributed by atoms with Gasteiger partial charge in [0, 0.05) is 20.0 Å². The molecule has 0 aliphatic heterocycles. The second kappa shape index (κ2) is 15.3. The van der Waals surface area contributed by atoms with Gasteiger partial charge in [0.25, 0.3) is 0 Å². The van der Waals surface area contributed by atoms with Crippen molar-refractivity contribution in [3.8, 4) is 0 Å². The molecule has 0 N–H and O–H groups in total. The maximum Gasteiger partial charge on any atom is 0.305 e. The molecule has 0 bridgehead atoms. The zero-order chi connectivity index (χ0) is 15.8. The van der Waals surface area contributed by atoms with Crippen LogP contribution in [0.3, 0.4) is 0 Å². The molecule has 0 aromatic rings. The van der Waals surface area contributed by atoms with E-state index in [1.54, 1.807) is 7.11 Å². The van der Waals surface area contributed by atoms with E-state index >= 15 is 0 Å². The number of esters is 2. The molecule has 0 rings (SSSR count). The average Bonchev–Trinajstić information content (AvgIpc) is 2.47. The van der Waals surface area contributed by atoms with Gasteiger partial charge in [0.15, 0.2) is 0 Å². The van der Waals surface area contributed by atoms with Gasteiger partial charge in [-0.1, -0.05) is 32.6 Å². The number of unbranched alkanes of at least 4 members (excludes halogenated alkanes) is 5. The molecule has 0 aliphatic carbocycles. The van der Waals surface area contributed by atoms with Gasteiger partial charge in [0.1, 0.15) is 6.61 Å². The minimum Gasteiger partial charge on any atom is -0.466 e. The summed E-state index contributed by atoms with van der Waals surface area (Å²) in [5, 5.41) is 0. The lowest BCUT2D eigenvalue weighted by atomic mass is 10.2. The summed E-state index contributed by atoms with van der Waals surface area (Å²) in [6, 6.07) is 0. The molecule has 0 aromatic carbocycles. The van der Waals surface area contributed by atoms with E-state index < -0.39 is 0 Å². The van der Waals surface area contributed by atoms with Gasteiger partial charge >= 0.3 is 11.9 Å². The van der Waals surface area contributed by atoms with E-state index in [-0.39, 0.29) is 18.5 Å². The number of carbonyl (C=O) groups is 2. The Labute approximate surface area is 128 Å². The van der Waals surface area contributed by atoms with Crippen molar-refractivity contribution in [1.82, 2.24) is 0 Å². The van der Waals surface area contributed by atoms with E-state index in [0.717, 1.165) is 12.8 Å². The van der Waals surface area contributed by atoms with Crippen LogP contribution in [0.2, 0.25) is 0 Å². The Hall–Kier alpha value is -1.10. The monoisotopic (exact) mass is 302 g/mol.